The summed E-state index contributed by atoms with van der Waals surface area (Å²) in [5.41, 5.74) is 7.17. The van der Waals surface area contributed by atoms with Gasteiger partial charge in [0, 0.05) is 29.4 Å². The van der Waals surface area contributed by atoms with Crippen molar-refractivity contribution in [3.63, 3.8) is 0 Å². The molecule has 0 saturated carbocycles. The lowest BCUT2D eigenvalue weighted by molar-refractivity contribution is 0.490. The van der Waals surface area contributed by atoms with Gasteiger partial charge in [0.05, 0.1) is 5.69 Å². The molecule has 3 nitrogen and oxygen atoms in total. The standard InChI is InChI=1S/C15H27N3S/c1-10(2)11-7-6-8-18(11)14-17-13(15(3,4)5)12(9-16)19-14/h10-11H,6-9,16H2,1-5H3. The number of aromatic nitrogens is 1. The normalized spacial score (nSPS) is 20.6. The summed E-state index contributed by atoms with van der Waals surface area (Å²) in [5, 5.41) is 1.18. The van der Waals surface area contributed by atoms with Crippen molar-refractivity contribution in [1.82, 2.24) is 4.98 Å². The average molecular weight is 281 g/mol. The summed E-state index contributed by atoms with van der Waals surface area (Å²) in [7, 11) is 0. The topological polar surface area (TPSA) is 42.2 Å². The van der Waals surface area contributed by atoms with Crippen molar-refractivity contribution in [2.75, 3.05) is 11.4 Å². The summed E-state index contributed by atoms with van der Waals surface area (Å²) >= 11 is 1.79. The van der Waals surface area contributed by atoms with Gasteiger partial charge in [0.1, 0.15) is 0 Å². The number of thiazole rings is 1. The minimum atomic E-state index is 0.0799. The van der Waals surface area contributed by atoms with Crippen LogP contribution in [0.1, 0.15) is 58.0 Å². The van der Waals surface area contributed by atoms with Crippen molar-refractivity contribution in [3.8, 4) is 0 Å². The molecule has 1 aromatic heterocycles. The molecule has 0 aromatic carbocycles. The molecular weight excluding hydrogens is 254 g/mol. The number of anilines is 1. The van der Waals surface area contributed by atoms with Crippen LogP contribution in [0.2, 0.25) is 0 Å². The van der Waals surface area contributed by atoms with Gasteiger partial charge in [-0.2, -0.15) is 0 Å². The summed E-state index contributed by atoms with van der Waals surface area (Å²) in [5.74, 6) is 0.686. The molecule has 1 aromatic rings. The van der Waals surface area contributed by atoms with E-state index < -0.39 is 0 Å². The van der Waals surface area contributed by atoms with Crippen LogP contribution in [0.5, 0.6) is 0 Å². The number of hydrogen-bond acceptors (Lipinski definition) is 4. The minimum absolute atomic E-state index is 0.0799. The Balaban J connectivity index is 2.33. The van der Waals surface area contributed by atoms with Crippen molar-refractivity contribution >= 4 is 16.5 Å². The summed E-state index contributed by atoms with van der Waals surface area (Å²) < 4.78 is 0. The maximum absolute atomic E-state index is 5.91. The largest absolute Gasteiger partial charge is 0.345 e. The highest BCUT2D eigenvalue weighted by molar-refractivity contribution is 7.15. The smallest absolute Gasteiger partial charge is 0.186 e. The third kappa shape index (κ3) is 2.95. The predicted molar refractivity (Wildman–Crippen MR) is 83.9 cm³/mol. The molecule has 1 aliphatic rings. The van der Waals surface area contributed by atoms with Crippen molar-refractivity contribution in [3.05, 3.63) is 10.6 Å². The van der Waals surface area contributed by atoms with E-state index in [9.17, 15) is 0 Å². The minimum Gasteiger partial charge on any atom is -0.345 e. The summed E-state index contributed by atoms with van der Waals surface area (Å²) in [6, 6.07) is 0.643. The van der Waals surface area contributed by atoms with E-state index in [2.05, 4.69) is 39.5 Å². The first-order valence-electron chi connectivity index (χ1n) is 7.31. The van der Waals surface area contributed by atoms with Crippen LogP contribution >= 0.6 is 11.3 Å². The molecule has 19 heavy (non-hydrogen) atoms. The zero-order chi connectivity index (χ0) is 14.2. The maximum Gasteiger partial charge on any atom is 0.186 e. The Bertz CT molecular complexity index is 431. The Morgan fingerprint density at radius 3 is 2.58 bits per heavy atom. The molecule has 108 valence electrons. The summed E-state index contributed by atoms with van der Waals surface area (Å²) in [6.07, 6.45) is 2.57. The first-order chi connectivity index (χ1) is 8.84. The molecule has 1 unspecified atom stereocenters. The number of nitrogens with zero attached hydrogens (tertiary/aromatic N) is 2. The molecule has 2 rings (SSSR count). The Morgan fingerprint density at radius 2 is 2.11 bits per heavy atom. The highest BCUT2D eigenvalue weighted by Crippen LogP contribution is 2.37. The van der Waals surface area contributed by atoms with Crippen LogP contribution in [-0.2, 0) is 12.0 Å². The molecule has 2 N–H and O–H groups in total. The molecule has 0 amide bonds. The van der Waals surface area contributed by atoms with Crippen LogP contribution in [-0.4, -0.2) is 17.6 Å². The van der Waals surface area contributed by atoms with Gasteiger partial charge in [0.2, 0.25) is 0 Å². The van der Waals surface area contributed by atoms with Crippen LogP contribution in [0.3, 0.4) is 0 Å². The van der Waals surface area contributed by atoms with Crippen LogP contribution < -0.4 is 10.6 Å². The number of nitrogens with two attached hydrogens (primary N) is 1. The fourth-order valence-electron chi connectivity index (χ4n) is 2.91. The third-order valence-electron chi connectivity index (χ3n) is 3.90. The van der Waals surface area contributed by atoms with Gasteiger partial charge in [-0.3, -0.25) is 0 Å². The second kappa shape index (κ2) is 5.41. The van der Waals surface area contributed by atoms with Crippen molar-refractivity contribution < 1.29 is 0 Å². The van der Waals surface area contributed by atoms with Crippen molar-refractivity contribution in [1.29, 1.82) is 0 Å². The lowest BCUT2D eigenvalue weighted by atomic mass is 9.91. The lowest BCUT2D eigenvalue weighted by Crippen LogP contribution is -2.33. The van der Waals surface area contributed by atoms with Crippen molar-refractivity contribution in [2.24, 2.45) is 11.7 Å². The Hall–Kier alpha value is -0.610. The van der Waals surface area contributed by atoms with Crippen LogP contribution in [0, 0.1) is 5.92 Å². The molecule has 0 aliphatic carbocycles. The molecule has 0 spiro atoms. The fraction of sp³-hybridized carbons (Fsp3) is 0.800. The lowest BCUT2D eigenvalue weighted by Gasteiger charge is -2.27. The SMILES string of the molecule is CC(C)C1CCCN1c1nc(C(C)(C)C)c(CN)s1. The second-order valence-corrected chi connectivity index (χ2v) is 7.93. The first kappa shape index (κ1) is 14.8. The summed E-state index contributed by atoms with van der Waals surface area (Å²) in [6.45, 7) is 13.0. The molecule has 2 heterocycles. The third-order valence-corrected chi connectivity index (χ3v) is 5.01. The van der Waals surface area contributed by atoms with E-state index in [1.54, 1.807) is 11.3 Å². The van der Waals surface area contributed by atoms with Crippen LogP contribution in [0.4, 0.5) is 5.13 Å². The molecule has 0 radical (unpaired) electrons. The average Bonchev–Trinajstić information content (AvgIpc) is 2.93. The molecule has 1 fully saturated rings. The van der Waals surface area contributed by atoms with E-state index in [4.69, 9.17) is 10.7 Å². The Morgan fingerprint density at radius 1 is 1.42 bits per heavy atom. The molecule has 1 atom stereocenters. The van der Waals surface area contributed by atoms with E-state index in [1.807, 2.05) is 0 Å². The molecule has 1 saturated heterocycles. The van der Waals surface area contributed by atoms with E-state index in [1.165, 1.54) is 28.5 Å². The van der Waals surface area contributed by atoms with Gasteiger partial charge in [0.25, 0.3) is 0 Å². The van der Waals surface area contributed by atoms with Gasteiger partial charge in [-0.1, -0.05) is 34.6 Å². The fourth-order valence-corrected chi connectivity index (χ4v) is 4.14. The van der Waals surface area contributed by atoms with Gasteiger partial charge >= 0.3 is 0 Å². The van der Waals surface area contributed by atoms with Gasteiger partial charge in [-0.25, -0.2) is 4.98 Å². The Labute approximate surface area is 121 Å². The van der Waals surface area contributed by atoms with Crippen molar-refractivity contribution in [2.45, 2.75) is 65.5 Å². The number of hydrogen-bond donors (Lipinski definition) is 1. The zero-order valence-electron chi connectivity index (χ0n) is 12.9. The number of rotatable bonds is 3. The monoisotopic (exact) mass is 281 g/mol. The quantitative estimate of drug-likeness (QED) is 0.921. The second-order valence-electron chi connectivity index (χ2n) is 6.87. The predicted octanol–water partition coefficient (Wildman–Crippen LogP) is 3.52. The van der Waals surface area contributed by atoms with Gasteiger partial charge in [-0.15, -0.1) is 11.3 Å². The highest BCUT2D eigenvalue weighted by atomic mass is 32.1. The van der Waals surface area contributed by atoms with E-state index in [0.29, 0.717) is 18.5 Å². The van der Waals surface area contributed by atoms with Crippen LogP contribution in [0.15, 0.2) is 0 Å². The Kier molecular flexibility index (Phi) is 4.21. The van der Waals surface area contributed by atoms with Gasteiger partial charge in [-0.05, 0) is 18.8 Å². The maximum atomic E-state index is 5.91. The van der Waals surface area contributed by atoms with Crippen LogP contribution in [0.25, 0.3) is 0 Å². The van der Waals surface area contributed by atoms with E-state index in [0.717, 1.165) is 6.54 Å². The van der Waals surface area contributed by atoms with E-state index >= 15 is 0 Å². The van der Waals surface area contributed by atoms with Gasteiger partial charge < -0.3 is 10.6 Å². The highest BCUT2D eigenvalue weighted by Gasteiger charge is 2.31. The zero-order valence-corrected chi connectivity index (χ0v) is 13.7. The molecule has 1 aliphatic heterocycles. The van der Waals surface area contributed by atoms with Gasteiger partial charge in [0.15, 0.2) is 5.13 Å². The molecule has 0 bridgehead atoms. The summed E-state index contributed by atoms with van der Waals surface area (Å²) in [4.78, 5) is 8.68. The van der Waals surface area contributed by atoms with E-state index in [-0.39, 0.29) is 5.41 Å². The molecular formula is C15H27N3S. The first-order valence-corrected chi connectivity index (χ1v) is 8.13. The molecule has 4 heteroatoms.